The number of nitrogens with one attached hydrogen (secondary N) is 2. The molecule has 1 aromatic heterocycles. The van der Waals surface area contributed by atoms with Gasteiger partial charge < -0.3 is 10.4 Å². The Morgan fingerprint density at radius 3 is 2.44 bits per heavy atom. The number of aromatic nitrogens is 2. The standard InChI is InChI=1S/C25H20F3N3O3/c1-14(16-8-10-17(11-9-16)24(33)34)29-23(32)22-21-18(5-3-7-20(21)30-31-22)12-15-4-2-6-19(13-15)25(26,27)28/h2-11,13-14H,12H2,1H3,(H,29,32)(H,30,31)(H,33,34)/t14-/m0/s1. The third kappa shape index (κ3) is 4.78. The molecule has 4 aromatic rings. The molecule has 1 atom stereocenters. The van der Waals surface area contributed by atoms with Crippen molar-refractivity contribution in [3.05, 3.63) is 100 Å². The zero-order valence-corrected chi connectivity index (χ0v) is 18.0. The van der Waals surface area contributed by atoms with E-state index in [0.717, 1.165) is 12.1 Å². The Hall–Kier alpha value is -4.14. The van der Waals surface area contributed by atoms with E-state index in [1.165, 1.54) is 18.2 Å². The minimum Gasteiger partial charge on any atom is -0.478 e. The van der Waals surface area contributed by atoms with Crippen molar-refractivity contribution < 1.29 is 27.9 Å². The lowest BCUT2D eigenvalue weighted by molar-refractivity contribution is -0.137. The number of halogens is 3. The lowest BCUT2D eigenvalue weighted by atomic mass is 9.98. The topological polar surface area (TPSA) is 95.1 Å². The third-order valence-electron chi connectivity index (χ3n) is 5.54. The number of rotatable bonds is 6. The summed E-state index contributed by atoms with van der Waals surface area (Å²) in [6, 6.07) is 16.0. The van der Waals surface area contributed by atoms with E-state index in [2.05, 4.69) is 15.5 Å². The highest BCUT2D eigenvalue weighted by molar-refractivity contribution is 6.06. The number of carbonyl (C=O) groups is 2. The normalized spacial score (nSPS) is 12.5. The summed E-state index contributed by atoms with van der Waals surface area (Å²) in [4.78, 5) is 24.1. The molecule has 0 bridgehead atoms. The number of H-pyrrole nitrogens is 1. The van der Waals surface area contributed by atoms with Crippen molar-refractivity contribution in [3.8, 4) is 0 Å². The first-order valence-corrected chi connectivity index (χ1v) is 10.4. The maximum Gasteiger partial charge on any atom is 0.416 e. The number of amides is 1. The van der Waals surface area contributed by atoms with Crippen molar-refractivity contribution in [1.29, 1.82) is 0 Å². The van der Waals surface area contributed by atoms with E-state index in [-0.39, 0.29) is 17.7 Å². The number of hydrogen-bond donors (Lipinski definition) is 3. The van der Waals surface area contributed by atoms with Gasteiger partial charge in [0.2, 0.25) is 0 Å². The Kier molecular flexibility index (Phi) is 6.10. The van der Waals surface area contributed by atoms with Crippen molar-refractivity contribution >= 4 is 22.8 Å². The van der Waals surface area contributed by atoms with Gasteiger partial charge in [0.15, 0.2) is 5.69 Å². The van der Waals surface area contributed by atoms with Gasteiger partial charge >= 0.3 is 12.1 Å². The molecule has 0 saturated heterocycles. The van der Waals surface area contributed by atoms with Gasteiger partial charge in [0.05, 0.1) is 22.7 Å². The summed E-state index contributed by atoms with van der Waals surface area (Å²) in [5.74, 6) is -1.50. The fourth-order valence-electron chi connectivity index (χ4n) is 3.80. The van der Waals surface area contributed by atoms with E-state index in [1.807, 2.05) is 0 Å². The summed E-state index contributed by atoms with van der Waals surface area (Å²) < 4.78 is 39.3. The maximum absolute atomic E-state index is 13.1. The van der Waals surface area contributed by atoms with Gasteiger partial charge in [-0.3, -0.25) is 9.89 Å². The van der Waals surface area contributed by atoms with Crippen molar-refractivity contribution in [3.63, 3.8) is 0 Å². The molecular formula is C25H20F3N3O3. The average molecular weight is 467 g/mol. The zero-order valence-electron chi connectivity index (χ0n) is 18.0. The molecule has 0 aliphatic carbocycles. The first-order chi connectivity index (χ1) is 16.1. The van der Waals surface area contributed by atoms with Gasteiger partial charge in [-0.15, -0.1) is 0 Å². The van der Waals surface area contributed by atoms with Crippen LogP contribution in [0.5, 0.6) is 0 Å². The first kappa shape index (κ1) is 23.0. The van der Waals surface area contributed by atoms with E-state index in [1.54, 1.807) is 43.3 Å². The second-order valence-electron chi connectivity index (χ2n) is 7.91. The fraction of sp³-hybridized carbons (Fsp3) is 0.160. The van der Waals surface area contributed by atoms with Crippen molar-refractivity contribution in [2.75, 3.05) is 0 Å². The molecule has 1 heterocycles. The lowest BCUT2D eigenvalue weighted by Gasteiger charge is -2.14. The predicted octanol–water partition coefficient (Wildman–Crippen LogP) is 5.36. The van der Waals surface area contributed by atoms with Crippen LogP contribution in [-0.4, -0.2) is 27.2 Å². The van der Waals surface area contributed by atoms with Crippen molar-refractivity contribution in [1.82, 2.24) is 15.5 Å². The number of benzene rings is 3. The molecule has 6 nitrogen and oxygen atoms in total. The first-order valence-electron chi connectivity index (χ1n) is 10.4. The Morgan fingerprint density at radius 1 is 1.06 bits per heavy atom. The highest BCUT2D eigenvalue weighted by Crippen LogP contribution is 2.31. The summed E-state index contributed by atoms with van der Waals surface area (Å²) in [5, 5.41) is 19.4. The van der Waals surface area contributed by atoms with Crippen LogP contribution >= 0.6 is 0 Å². The van der Waals surface area contributed by atoms with Crippen LogP contribution in [-0.2, 0) is 12.6 Å². The molecule has 3 aromatic carbocycles. The van der Waals surface area contributed by atoms with Gasteiger partial charge in [-0.25, -0.2) is 4.79 Å². The maximum atomic E-state index is 13.1. The number of carbonyl (C=O) groups excluding carboxylic acids is 1. The molecule has 174 valence electrons. The molecule has 0 aliphatic rings. The number of aromatic amines is 1. The molecule has 0 saturated carbocycles. The van der Waals surface area contributed by atoms with Crippen LogP contribution in [0.4, 0.5) is 13.2 Å². The Balaban J connectivity index is 1.60. The van der Waals surface area contributed by atoms with Gasteiger partial charge in [0, 0.05) is 5.39 Å². The molecule has 34 heavy (non-hydrogen) atoms. The number of carboxylic acid groups (broad SMARTS) is 1. The lowest BCUT2D eigenvalue weighted by Crippen LogP contribution is -2.27. The largest absolute Gasteiger partial charge is 0.478 e. The van der Waals surface area contributed by atoms with Gasteiger partial charge in [-0.05, 0) is 54.3 Å². The molecular weight excluding hydrogens is 447 g/mol. The molecule has 3 N–H and O–H groups in total. The number of aromatic carboxylic acids is 1. The van der Waals surface area contributed by atoms with Gasteiger partial charge in [0.25, 0.3) is 5.91 Å². The highest BCUT2D eigenvalue weighted by atomic mass is 19.4. The Bertz CT molecular complexity index is 1360. The van der Waals surface area contributed by atoms with Gasteiger partial charge in [-0.1, -0.05) is 42.5 Å². The monoisotopic (exact) mass is 467 g/mol. The molecule has 1 amide bonds. The van der Waals surface area contributed by atoms with E-state index < -0.39 is 29.7 Å². The molecule has 9 heteroatoms. The van der Waals surface area contributed by atoms with Crippen molar-refractivity contribution in [2.24, 2.45) is 0 Å². The SMILES string of the molecule is C[C@H](NC(=O)c1n[nH]c2cccc(Cc3cccc(C(F)(F)F)c3)c12)c1ccc(C(=O)O)cc1. The molecule has 0 fully saturated rings. The van der Waals surface area contributed by atoms with Crippen LogP contribution < -0.4 is 5.32 Å². The summed E-state index contributed by atoms with van der Waals surface area (Å²) >= 11 is 0. The Morgan fingerprint density at radius 2 is 1.76 bits per heavy atom. The quantitative estimate of drug-likeness (QED) is 0.356. The van der Waals surface area contributed by atoms with Crippen LogP contribution in [0, 0.1) is 0 Å². The van der Waals surface area contributed by atoms with Crippen LogP contribution in [0.2, 0.25) is 0 Å². The number of nitrogens with zero attached hydrogens (tertiary/aromatic N) is 1. The fourth-order valence-corrected chi connectivity index (χ4v) is 3.80. The molecule has 0 unspecified atom stereocenters. The molecule has 4 rings (SSSR count). The third-order valence-corrected chi connectivity index (χ3v) is 5.54. The number of fused-ring (bicyclic) bond motifs is 1. The minimum absolute atomic E-state index is 0.131. The van der Waals surface area contributed by atoms with Crippen LogP contribution in [0.15, 0.2) is 66.7 Å². The number of carboxylic acids is 1. The molecule has 0 spiro atoms. The second-order valence-corrected chi connectivity index (χ2v) is 7.91. The number of hydrogen-bond acceptors (Lipinski definition) is 3. The summed E-state index contributed by atoms with van der Waals surface area (Å²) in [7, 11) is 0. The Labute approximate surface area is 192 Å². The number of alkyl halides is 3. The highest BCUT2D eigenvalue weighted by Gasteiger charge is 2.30. The summed E-state index contributed by atoms with van der Waals surface area (Å²) in [5.41, 5.74) is 1.96. The van der Waals surface area contributed by atoms with E-state index in [9.17, 15) is 22.8 Å². The van der Waals surface area contributed by atoms with E-state index >= 15 is 0 Å². The van der Waals surface area contributed by atoms with Crippen LogP contribution in [0.1, 0.15) is 56.1 Å². The summed E-state index contributed by atoms with van der Waals surface area (Å²) in [6.45, 7) is 1.76. The van der Waals surface area contributed by atoms with E-state index in [4.69, 9.17) is 5.11 Å². The second kappa shape index (κ2) is 9.01. The van der Waals surface area contributed by atoms with Crippen molar-refractivity contribution in [2.45, 2.75) is 25.6 Å². The smallest absolute Gasteiger partial charge is 0.416 e. The van der Waals surface area contributed by atoms with Gasteiger partial charge in [-0.2, -0.15) is 18.3 Å². The summed E-state index contributed by atoms with van der Waals surface area (Å²) in [6.07, 6.45) is -4.26. The zero-order chi connectivity index (χ0) is 24.5. The predicted molar refractivity (Wildman–Crippen MR) is 120 cm³/mol. The van der Waals surface area contributed by atoms with Crippen LogP contribution in [0.25, 0.3) is 10.9 Å². The van der Waals surface area contributed by atoms with E-state index in [0.29, 0.717) is 27.6 Å². The average Bonchev–Trinajstić information content (AvgIpc) is 3.24. The van der Waals surface area contributed by atoms with Crippen LogP contribution in [0.3, 0.4) is 0 Å². The molecule has 0 aliphatic heterocycles. The molecule has 0 radical (unpaired) electrons. The van der Waals surface area contributed by atoms with Gasteiger partial charge in [0.1, 0.15) is 0 Å². The minimum atomic E-state index is -4.44.